The molecular formula is C24H27N5O. The second kappa shape index (κ2) is 9.31. The van der Waals surface area contributed by atoms with Crippen LogP contribution >= 0.6 is 0 Å². The first-order valence-corrected chi connectivity index (χ1v) is 10.2. The molecule has 1 aliphatic rings. The summed E-state index contributed by atoms with van der Waals surface area (Å²) >= 11 is 0. The third-order valence-corrected chi connectivity index (χ3v) is 5.06. The highest BCUT2D eigenvalue weighted by Crippen LogP contribution is 2.19. The summed E-state index contributed by atoms with van der Waals surface area (Å²) in [6.45, 7) is 5.24. The van der Waals surface area contributed by atoms with Gasteiger partial charge in [-0.1, -0.05) is 42.0 Å². The van der Waals surface area contributed by atoms with Gasteiger partial charge < -0.3 is 20.0 Å². The maximum Gasteiger partial charge on any atom is 0.226 e. The molecule has 0 saturated heterocycles. The molecule has 0 saturated carbocycles. The summed E-state index contributed by atoms with van der Waals surface area (Å²) < 4.78 is 5.63. The number of hydrogen-bond donors (Lipinski definition) is 2. The highest BCUT2D eigenvalue weighted by molar-refractivity contribution is 5.79. The molecule has 3 aromatic rings. The zero-order valence-corrected chi connectivity index (χ0v) is 17.4. The fourth-order valence-electron chi connectivity index (χ4n) is 3.35. The molecule has 6 nitrogen and oxygen atoms in total. The first-order chi connectivity index (χ1) is 14.7. The molecule has 4 rings (SSSR count). The zero-order valence-electron chi connectivity index (χ0n) is 17.4. The van der Waals surface area contributed by atoms with E-state index in [0.717, 1.165) is 30.3 Å². The number of nitrogens with zero attached hydrogens (tertiary/aromatic N) is 3. The van der Waals surface area contributed by atoms with Gasteiger partial charge in [0.1, 0.15) is 6.26 Å². The van der Waals surface area contributed by atoms with Crippen LogP contribution in [0.1, 0.15) is 16.8 Å². The van der Waals surface area contributed by atoms with Crippen LogP contribution in [0.2, 0.25) is 0 Å². The average Bonchev–Trinajstić information content (AvgIpc) is 3.47. The predicted octanol–water partition coefficient (Wildman–Crippen LogP) is 3.89. The monoisotopic (exact) mass is 401 g/mol. The first-order valence-electron chi connectivity index (χ1n) is 10.2. The third-order valence-electron chi connectivity index (χ3n) is 5.06. The van der Waals surface area contributed by atoms with E-state index in [4.69, 9.17) is 4.42 Å². The van der Waals surface area contributed by atoms with Crippen molar-refractivity contribution in [2.24, 2.45) is 4.99 Å². The Morgan fingerprint density at radius 1 is 1.07 bits per heavy atom. The van der Waals surface area contributed by atoms with Crippen LogP contribution in [0.4, 0.5) is 5.69 Å². The Morgan fingerprint density at radius 3 is 2.60 bits per heavy atom. The van der Waals surface area contributed by atoms with Crippen LogP contribution in [0.5, 0.6) is 0 Å². The van der Waals surface area contributed by atoms with E-state index in [1.165, 1.54) is 16.8 Å². The Kier molecular flexibility index (Phi) is 6.13. The molecule has 1 aliphatic heterocycles. The van der Waals surface area contributed by atoms with Gasteiger partial charge in [0, 0.05) is 37.9 Å². The average molecular weight is 402 g/mol. The molecule has 0 fully saturated rings. The number of oxazole rings is 1. The summed E-state index contributed by atoms with van der Waals surface area (Å²) in [5.74, 6) is 1.35. The van der Waals surface area contributed by atoms with Crippen molar-refractivity contribution in [3.8, 4) is 11.5 Å². The SMILES string of the molecule is CN=C(NCc1cccc(N2CC=CC2)c1)NCc1coc(-c2ccc(C)cc2)n1. The van der Waals surface area contributed by atoms with E-state index < -0.39 is 0 Å². The fraction of sp³-hybridized carbons (Fsp3) is 0.250. The summed E-state index contributed by atoms with van der Waals surface area (Å²) in [4.78, 5) is 11.2. The van der Waals surface area contributed by atoms with Gasteiger partial charge in [0.25, 0.3) is 0 Å². The largest absolute Gasteiger partial charge is 0.444 e. The van der Waals surface area contributed by atoms with Crippen molar-refractivity contribution in [1.29, 1.82) is 0 Å². The molecule has 0 bridgehead atoms. The van der Waals surface area contributed by atoms with Crippen LogP contribution in [0.25, 0.3) is 11.5 Å². The van der Waals surface area contributed by atoms with Gasteiger partial charge in [0.2, 0.25) is 5.89 Å². The van der Waals surface area contributed by atoms with Gasteiger partial charge in [0.05, 0.1) is 12.2 Å². The van der Waals surface area contributed by atoms with Crippen LogP contribution < -0.4 is 15.5 Å². The number of rotatable bonds is 6. The minimum Gasteiger partial charge on any atom is -0.444 e. The number of benzene rings is 2. The molecule has 0 spiro atoms. The van der Waals surface area contributed by atoms with Crippen LogP contribution in [0.15, 0.2) is 76.4 Å². The lowest BCUT2D eigenvalue weighted by Crippen LogP contribution is -2.36. The lowest BCUT2D eigenvalue weighted by Gasteiger charge is -2.19. The van der Waals surface area contributed by atoms with E-state index in [9.17, 15) is 0 Å². The van der Waals surface area contributed by atoms with Crippen molar-refractivity contribution in [1.82, 2.24) is 15.6 Å². The molecule has 0 unspecified atom stereocenters. The predicted molar refractivity (Wildman–Crippen MR) is 122 cm³/mol. The molecule has 2 aromatic carbocycles. The Hall–Kier alpha value is -3.54. The van der Waals surface area contributed by atoms with Crippen LogP contribution in [-0.4, -0.2) is 31.1 Å². The molecule has 2 N–H and O–H groups in total. The Balaban J connectivity index is 1.30. The molecule has 0 aliphatic carbocycles. The standard InChI is InChI=1S/C24H27N5O/c1-18-8-10-20(11-9-18)23-28-21(17-30-23)16-27-24(25-2)26-15-19-6-5-7-22(14-19)29-12-3-4-13-29/h3-11,14,17H,12-13,15-16H2,1-2H3,(H2,25,26,27). The van der Waals surface area contributed by atoms with Crippen molar-refractivity contribution in [3.63, 3.8) is 0 Å². The summed E-state index contributed by atoms with van der Waals surface area (Å²) in [6, 6.07) is 16.7. The first kappa shape index (κ1) is 19.8. The number of guanidine groups is 1. The normalized spacial score (nSPS) is 13.7. The molecule has 0 amide bonds. The summed E-state index contributed by atoms with van der Waals surface area (Å²) in [7, 11) is 1.77. The second-order valence-electron chi connectivity index (χ2n) is 7.34. The number of aromatic nitrogens is 1. The van der Waals surface area contributed by atoms with Crippen molar-refractivity contribution in [3.05, 3.63) is 83.8 Å². The number of nitrogens with one attached hydrogen (secondary N) is 2. The van der Waals surface area contributed by atoms with Gasteiger partial charge in [-0.15, -0.1) is 0 Å². The molecular weight excluding hydrogens is 374 g/mol. The van der Waals surface area contributed by atoms with Crippen LogP contribution in [-0.2, 0) is 13.1 Å². The summed E-state index contributed by atoms with van der Waals surface area (Å²) in [5, 5.41) is 6.66. The van der Waals surface area contributed by atoms with Crippen molar-refractivity contribution in [2.75, 3.05) is 25.0 Å². The van der Waals surface area contributed by atoms with E-state index in [1.54, 1.807) is 13.3 Å². The quantitative estimate of drug-likeness (QED) is 0.373. The number of aryl methyl sites for hydroxylation is 1. The molecule has 2 heterocycles. The maximum atomic E-state index is 5.63. The smallest absolute Gasteiger partial charge is 0.226 e. The lowest BCUT2D eigenvalue weighted by atomic mass is 10.1. The molecule has 154 valence electrons. The summed E-state index contributed by atoms with van der Waals surface area (Å²) in [5.41, 5.74) is 5.48. The number of hydrogen-bond acceptors (Lipinski definition) is 4. The van der Waals surface area contributed by atoms with Crippen LogP contribution in [0.3, 0.4) is 0 Å². The van der Waals surface area contributed by atoms with Gasteiger partial charge in [-0.3, -0.25) is 4.99 Å². The maximum absolute atomic E-state index is 5.63. The Morgan fingerprint density at radius 2 is 1.83 bits per heavy atom. The minimum absolute atomic E-state index is 0.536. The van der Waals surface area contributed by atoms with Crippen LogP contribution in [0, 0.1) is 6.92 Å². The zero-order chi connectivity index (χ0) is 20.8. The topological polar surface area (TPSA) is 65.7 Å². The van der Waals surface area contributed by atoms with E-state index in [-0.39, 0.29) is 0 Å². The van der Waals surface area contributed by atoms with Gasteiger partial charge in [-0.2, -0.15) is 0 Å². The highest BCUT2D eigenvalue weighted by Gasteiger charge is 2.09. The fourth-order valence-corrected chi connectivity index (χ4v) is 3.35. The molecule has 0 radical (unpaired) electrons. The number of aliphatic imine (C=N–C) groups is 1. The number of anilines is 1. The lowest BCUT2D eigenvalue weighted by molar-refractivity contribution is 0.572. The van der Waals surface area contributed by atoms with Crippen molar-refractivity contribution < 1.29 is 4.42 Å². The van der Waals surface area contributed by atoms with Crippen molar-refractivity contribution in [2.45, 2.75) is 20.0 Å². The minimum atomic E-state index is 0.536. The highest BCUT2D eigenvalue weighted by atomic mass is 16.3. The molecule has 1 aromatic heterocycles. The molecule has 6 heteroatoms. The van der Waals surface area contributed by atoms with Gasteiger partial charge in [-0.05, 0) is 36.8 Å². The van der Waals surface area contributed by atoms with Crippen molar-refractivity contribution >= 4 is 11.6 Å². The van der Waals surface area contributed by atoms with E-state index >= 15 is 0 Å². The molecule has 30 heavy (non-hydrogen) atoms. The third kappa shape index (κ3) is 4.89. The Labute approximate surface area is 177 Å². The van der Waals surface area contributed by atoms with E-state index in [1.807, 2.05) is 12.1 Å². The molecule has 0 atom stereocenters. The Bertz CT molecular complexity index is 1030. The van der Waals surface area contributed by atoms with E-state index in [0.29, 0.717) is 19.0 Å². The van der Waals surface area contributed by atoms with Gasteiger partial charge >= 0.3 is 0 Å². The van der Waals surface area contributed by atoms with Gasteiger partial charge in [0.15, 0.2) is 5.96 Å². The van der Waals surface area contributed by atoms with Gasteiger partial charge in [-0.25, -0.2) is 4.98 Å². The summed E-state index contributed by atoms with van der Waals surface area (Å²) in [6.07, 6.45) is 6.08. The van der Waals surface area contributed by atoms with E-state index in [2.05, 4.69) is 81.0 Å². The second-order valence-corrected chi connectivity index (χ2v) is 7.34.